The third kappa shape index (κ3) is 3.04. The van der Waals surface area contributed by atoms with Crippen LogP contribution < -0.4 is 15.2 Å². The van der Waals surface area contributed by atoms with E-state index in [2.05, 4.69) is 4.74 Å². The maximum absolute atomic E-state index is 11.2. The van der Waals surface area contributed by atoms with Gasteiger partial charge in [0.05, 0.1) is 21.3 Å². The Morgan fingerprint density at radius 3 is 2.50 bits per heavy atom. The van der Waals surface area contributed by atoms with Crippen LogP contribution in [0.3, 0.4) is 0 Å². The van der Waals surface area contributed by atoms with Gasteiger partial charge in [-0.2, -0.15) is 0 Å². The van der Waals surface area contributed by atoms with Crippen LogP contribution in [-0.2, 0) is 16.0 Å². The van der Waals surface area contributed by atoms with Crippen molar-refractivity contribution in [1.82, 2.24) is 0 Å². The fraction of sp³-hybridized carbons (Fsp3) is 0.417. The van der Waals surface area contributed by atoms with Crippen molar-refractivity contribution < 1.29 is 24.1 Å². The Bertz CT molecular complexity index is 433. The molecule has 0 spiro atoms. The summed E-state index contributed by atoms with van der Waals surface area (Å²) in [7, 11) is 4.18. The number of benzene rings is 1. The first-order valence-electron chi connectivity index (χ1n) is 5.30. The van der Waals surface area contributed by atoms with Crippen molar-refractivity contribution in [2.24, 2.45) is 5.73 Å². The number of carbonyl (C=O) groups excluding carboxylic acids is 1. The summed E-state index contributed by atoms with van der Waals surface area (Å²) >= 11 is 0. The zero-order chi connectivity index (χ0) is 13.7. The SMILES string of the molecule is COC(=O)C(N)Cc1cc(OC)cc(OC)c1O. The average molecular weight is 255 g/mol. The molecule has 18 heavy (non-hydrogen) atoms. The molecule has 0 aliphatic rings. The van der Waals surface area contributed by atoms with E-state index in [1.165, 1.54) is 21.3 Å². The molecule has 6 nitrogen and oxygen atoms in total. The molecule has 1 rings (SSSR count). The Kier molecular flexibility index (Phi) is 4.79. The number of hydrogen-bond donors (Lipinski definition) is 2. The van der Waals surface area contributed by atoms with Crippen LogP contribution in [0.2, 0.25) is 0 Å². The van der Waals surface area contributed by atoms with Crippen molar-refractivity contribution in [2.75, 3.05) is 21.3 Å². The highest BCUT2D eigenvalue weighted by molar-refractivity contribution is 5.76. The molecule has 3 N–H and O–H groups in total. The van der Waals surface area contributed by atoms with Crippen LogP contribution in [0.15, 0.2) is 12.1 Å². The van der Waals surface area contributed by atoms with Crippen molar-refractivity contribution in [1.29, 1.82) is 0 Å². The van der Waals surface area contributed by atoms with Gasteiger partial charge in [-0.1, -0.05) is 0 Å². The summed E-state index contributed by atoms with van der Waals surface area (Å²) in [4.78, 5) is 11.2. The minimum atomic E-state index is -0.849. The molecule has 0 aromatic heterocycles. The number of rotatable bonds is 5. The van der Waals surface area contributed by atoms with Crippen LogP contribution >= 0.6 is 0 Å². The summed E-state index contributed by atoms with van der Waals surface area (Å²) in [6.07, 6.45) is 0.131. The molecule has 0 fully saturated rings. The standard InChI is InChI=1S/C12H17NO5/c1-16-8-4-7(5-9(13)12(15)18-3)11(14)10(6-8)17-2/h4,6,9,14H,5,13H2,1-3H3. The summed E-state index contributed by atoms with van der Waals surface area (Å²) in [5, 5.41) is 9.92. The van der Waals surface area contributed by atoms with Crippen molar-refractivity contribution >= 4 is 5.97 Å². The summed E-state index contributed by atoms with van der Waals surface area (Å²) < 4.78 is 14.6. The Hall–Kier alpha value is -1.95. The first-order chi connectivity index (χ1) is 8.53. The molecule has 0 bridgehead atoms. The van der Waals surface area contributed by atoms with E-state index in [0.717, 1.165) is 0 Å². The first kappa shape index (κ1) is 14.1. The highest BCUT2D eigenvalue weighted by Crippen LogP contribution is 2.35. The van der Waals surface area contributed by atoms with Gasteiger partial charge >= 0.3 is 5.97 Å². The average Bonchev–Trinajstić information content (AvgIpc) is 2.39. The number of esters is 1. The quantitative estimate of drug-likeness (QED) is 0.742. The van der Waals surface area contributed by atoms with Crippen molar-refractivity contribution in [3.63, 3.8) is 0 Å². The van der Waals surface area contributed by atoms with Crippen LogP contribution in [0.4, 0.5) is 0 Å². The van der Waals surface area contributed by atoms with Gasteiger partial charge in [0.1, 0.15) is 11.8 Å². The molecule has 0 heterocycles. The molecule has 6 heteroatoms. The molecule has 0 amide bonds. The molecular formula is C12H17NO5. The number of phenolic OH excluding ortho intramolecular Hbond substituents is 1. The lowest BCUT2D eigenvalue weighted by Crippen LogP contribution is -2.33. The Balaban J connectivity index is 3.03. The maximum atomic E-state index is 11.2. The van der Waals surface area contributed by atoms with Crippen LogP contribution in [0.1, 0.15) is 5.56 Å². The van der Waals surface area contributed by atoms with Crippen LogP contribution in [0, 0.1) is 0 Å². The predicted molar refractivity (Wildman–Crippen MR) is 64.9 cm³/mol. The van der Waals surface area contributed by atoms with Gasteiger partial charge in [-0.3, -0.25) is 4.79 Å². The number of aromatic hydroxyl groups is 1. The number of ether oxygens (including phenoxy) is 3. The van der Waals surface area contributed by atoms with Crippen molar-refractivity contribution in [3.8, 4) is 17.2 Å². The zero-order valence-corrected chi connectivity index (χ0v) is 10.6. The molecule has 1 aromatic rings. The second kappa shape index (κ2) is 6.11. The van der Waals surface area contributed by atoms with Gasteiger partial charge < -0.3 is 25.1 Å². The molecule has 0 aliphatic heterocycles. The largest absolute Gasteiger partial charge is 0.504 e. The predicted octanol–water partition coefficient (Wildman–Crippen LogP) is 0.452. The van der Waals surface area contributed by atoms with Gasteiger partial charge in [0.25, 0.3) is 0 Å². The number of phenols is 1. The topological polar surface area (TPSA) is 91.0 Å². The molecule has 0 saturated carbocycles. The van der Waals surface area contributed by atoms with Gasteiger partial charge in [-0.15, -0.1) is 0 Å². The van der Waals surface area contributed by atoms with Gasteiger partial charge in [0.15, 0.2) is 11.5 Å². The minimum Gasteiger partial charge on any atom is -0.504 e. The second-order valence-electron chi connectivity index (χ2n) is 3.67. The molecule has 1 unspecified atom stereocenters. The molecule has 0 aliphatic carbocycles. The highest BCUT2D eigenvalue weighted by atomic mass is 16.5. The third-order valence-corrected chi connectivity index (χ3v) is 2.53. The highest BCUT2D eigenvalue weighted by Gasteiger charge is 2.19. The van der Waals surface area contributed by atoms with Gasteiger partial charge in [-0.05, 0) is 6.07 Å². The van der Waals surface area contributed by atoms with E-state index >= 15 is 0 Å². The van der Waals surface area contributed by atoms with E-state index < -0.39 is 12.0 Å². The third-order valence-electron chi connectivity index (χ3n) is 2.53. The van der Waals surface area contributed by atoms with Crippen LogP contribution in [0.5, 0.6) is 17.2 Å². The molecule has 0 saturated heterocycles. The fourth-order valence-corrected chi connectivity index (χ4v) is 1.54. The minimum absolute atomic E-state index is 0.0577. The molecular weight excluding hydrogens is 238 g/mol. The zero-order valence-electron chi connectivity index (χ0n) is 10.6. The maximum Gasteiger partial charge on any atom is 0.322 e. The lowest BCUT2D eigenvalue weighted by molar-refractivity contribution is -0.142. The van der Waals surface area contributed by atoms with E-state index in [1.807, 2.05) is 0 Å². The smallest absolute Gasteiger partial charge is 0.322 e. The molecule has 1 atom stereocenters. The number of hydrogen-bond acceptors (Lipinski definition) is 6. The molecule has 100 valence electrons. The number of carbonyl (C=O) groups is 1. The van der Waals surface area contributed by atoms with Gasteiger partial charge in [-0.25, -0.2) is 0 Å². The Labute approximate surface area is 105 Å². The summed E-state index contributed by atoms with van der Waals surface area (Å²) in [5.74, 6) is 0.173. The van der Waals surface area contributed by atoms with E-state index in [4.69, 9.17) is 15.2 Å². The molecule has 0 radical (unpaired) electrons. The Morgan fingerprint density at radius 2 is 2.00 bits per heavy atom. The first-order valence-corrected chi connectivity index (χ1v) is 5.30. The van der Waals surface area contributed by atoms with E-state index in [9.17, 15) is 9.90 Å². The van der Waals surface area contributed by atoms with Gasteiger partial charge in [0, 0.05) is 18.1 Å². The molecule has 1 aromatic carbocycles. The second-order valence-corrected chi connectivity index (χ2v) is 3.67. The lowest BCUT2D eigenvalue weighted by atomic mass is 10.0. The normalized spacial score (nSPS) is 11.8. The van der Waals surface area contributed by atoms with Gasteiger partial charge in [0.2, 0.25) is 0 Å². The van der Waals surface area contributed by atoms with Crippen molar-refractivity contribution in [3.05, 3.63) is 17.7 Å². The summed E-state index contributed by atoms with van der Waals surface area (Å²) in [6.45, 7) is 0. The van der Waals surface area contributed by atoms with E-state index in [1.54, 1.807) is 12.1 Å². The van der Waals surface area contributed by atoms with E-state index in [0.29, 0.717) is 11.3 Å². The summed E-state index contributed by atoms with van der Waals surface area (Å²) in [6, 6.07) is 2.29. The fourth-order valence-electron chi connectivity index (χ4n) is 1.54. The van der Waals surface area contributed by atoms with Crippen LogP contribution in [0.25, 0.3) is 0 Å². The number of methoxy groups -OCH3 is 3. The van der Waals surface area contributed by atoms with Crippen molar-refractivity contribution in [2.45, 2.75) is 12.5 Å². The monoisotopic (exact) mass is 255 g/mol. The summed E-state index contributed by atoms with van der Waals surface area (Å²) in [5.41, 5.74) is 6.11. The Morgan fingerprint density at radius 1 is 1.33 bits per heavy atom. The van der Waals surface area contributed by atoms with Crippen LogP contribution in [-0.4, -0.2) is 38.4 Å². The number of nitrogens with two attached hydrogens (primary N) is 1. The van der Waals surface area contributed by atoms with E-state index in [-0.39, 0.29) is 17.9 Å². The lowest BCUT2D eigenvalue weighted by Gasteiger charge is -2.14.